The molecule has 2 rings (SSSR count). The van der Waals surface area contributed by atoms with E-state index in [0.29, 0.717) is 0 Å². The number of nitrogens with zero attached hydrogens (tertiary/aromatic N) is 1. The smallest absolute Gasteiger partial charge is 0.129 e. The maximum atomic E-state index is 7.47. The molecule has 0 heterocycles. The lowest BCUT2D eigenvalue weighted by Crippen LogP contribution is -2.12. The summed E-state index contributed by atoms with van der Waals surface area (Å²) >= 11 is 0. The van der Waals surface area contributed by atoms with Crippen LogP contribution in [0.4, 0.5) is 5.69 Å². The highest BCUT2D eigenvalue weighted by Gasteiger charge is 2.05. The number of amidine groups is 1. The van der Waals surface area contributed by atoms with Gasteiger partial charge in [0.25, 0.3) is 0 Å². The fourth-order valence-electron chi connectivity index (χ4n) is 1.96. The zero-order chi connectivity index (χ0) is 14.7. The van der Waals surface area contributed by atoms with Gasteiger partial charge in [0, 0.05) is 31.4 Å². The Kier molecular flexibility index (Phi) is 3.94. The highest BCUT2D eigenvalue weighted by atomic mass is 16.5. The molecule has 0 saturated heterocycles. The maximum absolute atomic E-state index is 7.47. The average molecular weight is 269 g/mol. The molecule has 104 valence electrons. The molecule has 0 aliphatic heterocycles. The second kappa shape index (κ2) is 5.65. The predicted molar refractivity (Wildman–Crippen MR) is 83.0 cm³/mol. The SMILES string of the molecule is Cc1cc(Oc2cccc(N(C)C)c2)ccc1C(=N)N. The van der Waals surface area contributed by atoms with Crippen LogP contribution in [0.1, 0.15) is 11.1 Å². The number of aryl methyl sites for hydroxylation is 1. The minimum Gasteiger partial charge on any atom is -0.457 e. The summed E-state index contributed by atoms with van der Waals surface area (Å²) in [6.45, 7) is 1.92. The summed E-state index contributed by atoms with van der Waals surface area (Å²) in [7, 11) is 3.98. The number of hydrogen-bond acceptors (Lipinski definition) is 3. The number of nitrogens with one attached hydrogen (secondary N) is 1. The predicted octanol–water partition coefficient (Wildman–Crippen LogP) is 3.14. The number of nitrogens with two attached hydrogens (primary N) is 1. The molecule has 0 aromatic heterocycles. The average Bonchev–Trinajstić information content (AvgIpc) is 2.38. The molecular formula is C16H19N3O. The van der Waals surface area contributed by atoms with Crippen LogP contribution < -0.4 is 15.4 Å². The lowest BCUT2D eigenvalue weighted by molar-refractivity contribution is 0.482. The standard InChI is InChI=1S/C16H19N3O/c1-11-9-14(7-8-15(11)16(17)18)20-13-6-4-5-12(10-13)19(2)3/h4-10H,1-3H3,(H3,17,18). The molecule has 0 saturated carbocycles. The van der Waals surface area contributed by atoms with Crippen LogP contribution in [0.5, 0.6) is 11.5 Å². The Balaban J connectivity index is 2.24. The Bertz CT molecular complexity index is 635. The number of nitrogen functional groups attached to an aromatic ring is 1. The summed E-state index contributed by atoms with van der Waals surface area (Å²) in [4.78, 5) is 2.02. The molecular weight excluding hydrogens is 250 g/mol. The van der Waals surface area contributed by atoms with Crippen molar-refractivity contribution in [1.29, 1.82) is 5.41 Å². The van der Waals surface area contributed by atoms with Crippen molar-refractivity contribution in [3.8, 4) is 11.5 Å². The van der Waals surface area contributed by atoms with Crippen molar-refractivity contribution in [2.75, 3.05) is 19.0 Å². The van der Waals surface area contributed by atoms with Crippen molar-refractivity contribution in [3.63, 3.8) is 0 Å². The van der Waals surface area contributed by atoms with Crippen molar-refractivity contribution in [2.24, 2.45) is 5.73 Å². The van der Waals surface area contributed by atoms with Crippen molar-refractivity contribution in [3.05, 3.63) is 53.6 Å². The molecule has 4 nitrogen and oxygen atoms in total. The molecule has 0 spiro atoms. The number of hydrogen-bond donors (Lipinski definition) is 2. The van der Waals surface area contributed by atoms with Gasteiger partial charge in [-0.25, -0.2) is 0 Å². The van der Waals surface area contributed by atoms with E-state index in [0.717, 1.165) is 28.3 Å². The van der Waals surface area contributed by atoms with Crippen molar-refractivity contribution < 1.29 is 4.74 Å². The van der Waals surface area contributed by atoms with Gasteiger partial charge < -0.3 is 15.4 Å². The van der Waals surface area contributed by atoms with E-state index in [-0.39, 0.29) is 5.84 Å². The Labute approximate surface area is 119 Å². The molecule has 0 aliphatic rings. The van der Waals surface area contributed by atoms with Crippen LogP contribution >= 0.6 is 0 Å². The third-order valence-electron chi connectivity index (χ3n) is 3.06. The highest BCUT2D eigenvalue weighted by Crippen LogP contribution is 2.26. The van der Waals surface area contributed by atoms with E-state index in [1.165, 1.54) is 0 Å². The van der Waals surface area contributed by atoms with E-state index in [9.17, 15) is 0 Å². The second-order valence-corrected chi connectivity index (χ2v) is 4.88. The van der Waals surface area contributed by atoms with Crippen molar-refractivity contribution in [2.45, 2.75) is 6.92 Å². The minimum atomic E-state index is 0.0728. The molecule has 0 fully saturated rings. The molecule has 3 N–H and O–H groups in total. The summed E-state index contributed by atoms with van der Waals surface area (Å²) < 4.78 is 5.85. The molecule has 2 aromatic rings. The third-order valence-corrected chi connectivity index (χ3v) is 3.06. The van der Waals surface area contributed by atoms with Gasteiger partial charge in [-0.1, -0.05) is 6.07 Å². The topological polar surface area (TPSA) is 62.3 Å². The quantitative estimate of drug-likeness (QED) is 0.662. The molecule has 0 radical (unpaired) electrons. The normalized spacial score (nSPS) is 10.2. The van der Waals surface area contributed by atoms with Crippen LogP contribution in [0, 0.1) is 12.3 Å². The van der Waals surface area contributed by atoms with E-state index in [1.54, 1.807) is 0 Å². The molecule has 0 unspecified atom stereocenters. The summed E-state index contributed by atoms with van der Waals surface area (Å²) in [6.07, 6.45) is 0. The largest absolute Gasteiger partial charge is 0.457 e. The Morgan fingerprint density at radius 1 is 1.10 bits per heavy atom. The van der Waals surface area contributed by atoms with Crippen molar-refractivity contribution in [1.82, 2.24) is 0 Å². The Morgan fingerprint density at radius 2 is 1.80 bits per heavy atom. The van der Waals surface area contributed by atoms with Gasteiger partial charge in [-0.2, -0.15) is 0 Å². The van der Waals surface area contributed by atoms with E-state index in [1.807, 2.05) is 68.4 Å². The number of ether oxygens (including phenoxy) is 1. The van der Waals surface area contributed by atoms with E-state index >= 15 is 0 Å². The van der Waals surface area contributed by atoms with Gasteiger partial charge in [0.05, 0.1) is 0 Å². The first-order valence-electron chi connectivity index (χ1n) is 6.37. The number of anilines is 1. The summed E-state index contributed by atoms with van der Waals surface area (Å²) in [5, 5.41) is 7.47. The molecule has 4 heteroatoms. The monoisotopic (exact) mass is 269 g/mol. The summed E-state index contributed by atoms with van der Waals surface area (Å²) in [6, 6.07) is 13.4. The van der Waals surface area contributed by atoms with Crippen molar-refractivity contribution >= 4 is 11.5 Å². The first-order chi connectivity index (χ1) is 9.47. The molecule has 20 heavy (non-hydrogen) atoms. The molecule has 2 aromatic carbocycles. The lowest BCUT2D eigenvalue weighted by atomic mass is 10.1. The van der Waals surface area contributed by atoms with Gasteiger partial charge in [0.2, 0.25) is 0 Å². The molecule has 0 amide bonds. The summed E-state index contributed by atoms with van der Waals surface area (Å²) in [5.41, 5.74) is 8.26. The van der Waals surface area contributed by atoms with E-state index in [4.69, 9.17) is 15.9 Å². The van der Waals surface area contributed by atoms with Gasteiger partial charge in [0.15, 0.2) is 0 Å². The van der Waals surface area contributed by atoms with Crippen LogP contribution in [0.3, 0.4) is 0 Å². The first-order valence-corrected chi connectivity index (χ1v) is 6.37. The molecule has 0 atom stereocenters. The molecule has 0 aliphatic carbocycles. The zero-order valence-electron chi connectivity index (χ0n) is 12.0. The van der Waals surface area contributed by atoms with Crippen LogP contribution in [0.15, 0.2) is 42.5 Å². The Morgan fingerprint density at radius 3 is 2.40 bits per heavy atom. The Hall–Kier alpha value is -2.49. The minimum absolute atomic E-state index is 0.0728. The van der Waals surface area contributed by atoms with Gasteiger partial charge in [0.1, 0.15) is 17.3 Å². The number of rotatable bonds is 4. The molecule has 0 bridgehead atoms. The van der Waals surface area contributed by atoms with Crippen LogP contribution in [0.2, 0.25) is 0 Å². The van der Waals surface area contributed by atoms with Gasteiger partial charge in [-0.15, -0.1) is 0 Å². The fourth-order valence-corrected chi connectivity index (χ4v) is 1.96. The van der Waals surface area contributed by atoms with E-state index < -0.39 is 0 Å². The van der Waals surface area contributed by atoms with Gasteiger partial charge in [-0.05, 0) is 42.8 Å². The highest BCUT2D eigenvalue weighted by molar-refractivity contribution is 5.96. The summed E-state index contributed by atoms with van der Waals surface area (Å²) in [5.74, 6) is 1.60. The zero-order valence-corrected chi connectivity index (χ0v) is 12.0. The lowest BCUT2D eigenvalue weighted by Gasteiger charge is -2.14. The number of benzene rings is 2. The van der Waals surface area contributed by atoms with Crippen LogP contribution in [0.25, 0.3) is 0 Å². The fraction of sp³-hybridized carbons (Fsp3) is 0.188. The second-order valence-electron chi connectivity index (χ2n) is 4.88. The third kappa shape index (κ3) is 3.09. The van der Waals surface area contributed by atoms with Crippen LogP contribution in [-0.2, 0) is 0 Å². The first kappa shape index (κ1) is 13.9. The van der Waals surface area contributed by atoms with Gasteiger partial charge in [-0.3, -0.25) is 5.41 Å². The van der Waals surface area contributed by atoms with Crippen LogP contribution in [-0.4, -0.2) is 19.9 Å². The van der Waals surface area contributed by atoms with Gasteiger partial charge >= 0.3 is 0 Å². The maximum Gasteiger partial charge on any atom is 0.129 e. The van der Waals surface area contributed by atoms with E-state index in [2.05, 4.69) is 0 Å².